The molecule has 1 aromatic carbocycles. The molecular weight excluding hydrogens is 256 g/mol. The number of hydrogen-bond donors (Lipinski definition) is 1. The maximum atomic E-state index is 10.9. The zero-order chi connectivity index (χ0) is 14.2. The highest BCUT2D eigenvalue weighted by molar-refractivity contribution is 7.10. The van der Waals surface area contributed by atoms with Gasteiger partial charge in [0.05, 0.1) is 12.1 Å². The normalized spacial score (nSPS) is 10.7. The van der Waals surface area contributed by atoms with Gasteiger partial charge in [-0.25, -0.2) is 4.98 Å². The molecule has 0 radical (unpaired) electrons. The molecule has 3 nitrogen and oxygen atoms in total. The van der Waals surface area contributed by atoms with Crippen LogP contribution in [-0.4, -0.2) is 10.9 Å². The summed E-state index contributed by atoms with van der Waals surface area (Å²) in [6.45, 7) is 8.46. The van der Waals surface area contributed by atoms with Gasteiger partial charge in [0, 0.05) is 10.9 Å². The second-order valence-electron chi connectivity index (χ2n) is 4.90. The van der Waals surface area contributed by atoms with E-state index in [1.54, 1.807) is 0 Å². The molecule has 0 saturated carbocycles. The molecule has 0 aliphatic carbocycles. The van der Waals surface area contributed by atoms with Crippen LogP contribution >= 0.6 is 11.3 Å². The van der Waals surface area contributed by atoms with Gasteiger partial charge in [-0.2, -0.15) is 0 Å². The van der Waals surface area contributed by atoms with Crippen molar-refractivity contribution < 1.29 is 4.79 Å². The van der Waals surface area contributed by atoms with E-state index in [4.69, 9.17) is 5.73 Å². The van der Waals surface area contributed by atoms with Gasteiger partial charge in [-0.15, -0.1) is 11.3 Å². The molecule has 0 bridgehead atoms. The van der Waals surface area contributed by atoms with E-state index in [1.807, 2.05) is 5.38 Å². The summed E-state index contributed by atoms with van der Waals surface area (Å²) < 4.78 is 0. The van der Waals surface area contributed by atoms with Gasteiger partial charge in [-0.3, -0.25) is 4.79 Å². The zero-order valence-electron chi connectivity index (χ0n) is 11.7. The lowest BCUT2D eigenvalue weighted by Gasteiger charge is -2.13. The highest BCUT2D eigenvalue weighted by Crippen LogP contribution is 2.32. The number of benzene rings is 1. The molecule has 100 valence electrons. The fraction of sp³-hybridized carbons (Fsp3) is 0.333. The van der Waals surface area contributed by atoms with Gasteiger partial charge in [0.15, 0.2) is 0 Å². The molecule has 0 saturated heterocycles. The maximum absolute atomic E-state index is 10.9. The summed E-state index contributed by atoms with van der Waals surface area (Å²) in [7, 11) is 0. The summed E-state index contributed by atoms with van der Waals surface area (Å²) in [5.74, 6) is -0.338. The second-order valence-corrected chi connectivity index (χ2v) is 5.85. The van der Waals surface area contributed by atoms with E-state index >= 15 is 0 Å². The average molecular weight is 274 g/mol. The number of nitrogens with two attached hydrogens (primary N) is 1. The van der Waals surface area contributed by atoms with Crippen molar-refractivity contribution in [3.05, 3.63) is 38.7 Å². The van der Waals surface area contributed by atoms with E-state index in [-0.39, 0.29) is 12.3 Å². The van der Waals surface area contributed by atoms with E-state index in [9.17, 15) is 4.79 Å². The molecule has 0 unspecified atom stereocenters. The van der Waals surface area contributed by atoms with Crippen LogP contribution in [0.3, 0.4) is 0 Å². The molecule has 0 fully saturated rings. The first kappa shape index (κ1) is 13.7. The van der Waals surface area contributed by atoms with E-state index in [0.29, 0.717) is 0 Å². The van der Waals surface area contributed by atoms with Crippen LogP contribution in [0.2, 0.25) is 0 Å². The minimum Gasteiger partial charge on any atom is -0.369 e. The van der Waals surface area contributed by atoms with Gasteiger partial charge in [-0.05, 0) is 49.9 Å². The Morgan fingerprint density at radius 2 is 1.79 bits per heavy atom. The number of carbonyl (C=O) groups is 1. The predicted molar refractivity (Wildman–Crippen MR) is 79.4 cm³/mol. The molecule has 1 aromatic heterocycles. The number of amides is 1. The Bertz CT molecular complexity index is 618. The van der Waals surface area contributed by atoms with Crippen molar-refractivity contribution in [2.75, 3.05) is 0 Å². The van der Waals surface area contributed by atoms with Crippen molar-refractivity contribution in [3.8, 4) is 11.3 Å². The Morgan fingerprint density at radius 3 is 2.32 bits per heavy atom. The van der Waals surface area contributed by atoms with Gasteiger partial charge < -0.3 is 5.73 Å². The fourth-order valence-corrected chi connectivity index (χ4v) is 3.05. The molecular formula is C15H18N2OS. The molecule has 2 rings (SSSR count). The third kappa shape index (κ3) is 2.68. The van der Waals surface area contributed by atoms with Crippen LogP contribution in [0.5, 0.6) is 0 Å². The third-order valence-corrected chi connectivity index (χ3v) is 4.35. The summed E-state index contributed by atoms with van der Waals surface area (Å²) in [6.07, 6.45) is 0.216. The van der Waals surface area contributed by atoms with Crippen molar-refractivity contribution in [1.29, 1.82) is 0 Å². The molecule has 2 N–H and O–H groups in total. The monoisotopic (exact) mass is 274 g/mol. The summed E-state index contributed by atoms with van der Waals surface area (Å²) in [5.41, 5.74) is 12.4. The van der Waals surface area contributed by atoms with Crippen LogP contribution in [0.25, 0.3) is 11.3 Å². The smallest absolute Gasteiger partial charge is 0.224 e. The Balaban J connectivity index is 2.53. The Morgan fingerprint density at radius 1 is 1.21 bits per heavy atom. The largest absolute Gasteiger partial charge is 0.369 e. The highest BCUT2D eigenvalue weighted by Gasteiger charge is 2.14. The maximum Gasteiger partial charge on any atom is 0.224 e. The number of aryl methyl sites for hydroxylation is 2. The fourth-order valence-electron chi connectivity index (χ4n) is 2.26. The minimum atomic E-state index is -0.338. The van der Waals surface area contributed by atoms with Crippen LogP contribution in [0, 0.1) is 27.7 Å². The number of aromatic nitrogens is 1. The van der Waals surface area contributed by atoms with Gasteiger partial charge in [0.25, 0.3) is 0 Å². The topological polar surface area (TPSA) is 56.0 Å². The quantitative estimate of drug-likeness (QED) is 0.935. The Kier molecular flexibility index (Phi) is 3.71. The lowest BCUT2D eigenvalue weighted by molar-refractivity contribution is -0.117. The van der Waals surface area contributed by atoms with Crippen molar-refractivity contribution in [1.82, 2.24) is 4.98 Å². The summed E-state index contributed by atoms with van der Waals surface area (Å²) in [5, 5.41) is 2.78. The Hall–Kier alpha value is -1.68. The zero-order valence-corrected chi connectivity index (χ0v) is 12.5. The van der Waals surface area contributed by atoms with Crippen LogP contribution in [0.1, 0.15) is 27.3 Å². The molecule has 2 aromatic rings. The minimum absolute atomic E-state index is 0.216. The summed E-state index contributed by atoms with van der Waals surface area (Å²) in [4.78, 5) is 15.5. The van der Waals surface area contributed by atoms with Gasteiger partial charge in [0.2, 0.25) is 5.91 Å². The van der Waals surface area contributed by atoms with Crippen molar-refractivity contribution in [3.63, 3.8) is 0 Å². The molecule has 0 spiro atoms. The number of hydrogen-bond acceptors (Lipinski definition) is 3. The lowest BCUT2D eigenvalue weighted by atomic mass is 9.93. The first-order chi connectivity index (χ1) is 8.90. The molecule has 4 heteroatoms. The van der Waals surface area contributed by atoms with E-state index < -0.39 is 0 Å². The molecule has 1 heterocycles. The number of carbonyl (C=O) groups excluding carboxylic acids is 1. The van der Waals surface area contributed by atoms with E-state index in [1.165, 1.54) is 39.2 Å². The van der Waals surface area contributed by atoms with Crippen LogP contribution in [-0.2, 0) is 11.2 Å². The van der Waals surface area contributed by atoms with Crippen molar-refractivity contribution in [2.45, 2.75) is 34.1 Å². The molecule has 1 amide bonds. The predicted octanol–water partition coefficient (Wildman–Crippen LogP) is 3.07. The molecule has 0 atom stereocenters. The number of nitrogens with zero attached hydrogens (tertiary/aromatic N) is 1. The first-order valence-corrected chi connectivity index (χ1v) is 7.08. The first-order valence-electron chi connectivity index (χ1n) is 6.20. The summed E-state index contributed by atoms with van der Waals surface area (Å²) in [6, 6.07) is 2.20. The van der Waals surface area contributed by atoms with Crippen LogP contribution < -0.4 is 5.73 Å². The Labute approximate surface area is 117 Å². The van der Waals surface area contributed by atoms with Gasteiger partial charge >= 0.3 is 0 Å². The van der Waals surface area contributed by atoms with Crippen molar-refractivity contribution >= 4 is 17.2 Å². The highest BCUT2D eigenvalue weighted by atomic mass is 32.1. The third-order valence-electron chi connectivity index (χ3n) is 3.50. The average Bonchev–Trinajstić information content (AvgIpc) is 2.74. The van der Waals surface area contributed by atoms with E-state index in [2.05, 4.69) is 38.7 Å². The number of primary amides is 1. The SMILES string of the molecule is Cc1cc(C)c(C)c(-c2csc(CC(N)=O)n2)c1C. The lowest BCUT2D eigenvalue weighted by Crippen LogP contribution is -2.13. The molecule has 0 aliphatic rings. The summed E-state index contributed by atoms with van der Waals surface area (Å²) >= 11 is 1.49. The van der Waals surface area contributed by atoms with Gasteiger partial charge in [0.1, 0.15) is 5.01 Å². The molecule has 19 heavy (non-hydrogen) atoms. The van der Waals surface area contributed by atoms with Gasteiger partial charge in [-0.1, -0.05) is 6.07 Å². The van der Waals surface area contributed by atoms with Crippen LogP contribution in [0.4, 0.5) is 0 Å². The number of rotatable bonds is 3. The second kappa shape index (κ2) is 5.13. The molecule has 0 aliphatic heterocycles. The standard InChI is InChI=1S/C15H18N2OS/c1-8-5-9(2)11(4)15(10(8)3)12-7-19-14(17-12)6-13(16)18/h5,7H,6H2,1-4H3,(H2,16,18). The number of thiazole rings is 1. The van der Waals surface area contributed by atoms with Crippen molar-refractivity contribution in [2.24, 2.45) is 5.73 Å². The van der Waals surface area contributed by atoms with Crippen LogP contribution in [0.15, 0.2) is 11.4 Å². The van der Waals surface area contributed by atoms with E-state index in [0.717, 1.165) is 10.7 Å².